The van der Waals surface area contributed by atoms with E-state index in [9.17, 15) is 9.18 Å². The van der Waals surface area contributed by atoms with Gasteiger partial charge in [0.2, 0.25) is 5.91 Å². The lowest BCUT2D eigenvalue weighted by molar-refractivity contribution is -0.126. The van der Waals surface area contributed by atoms with Crippen LogP contribution in [-0.2, 0) is 22.6 Å². The Morgan fingerprint density at radius 3 is 2.70 bits per heavy atom. The molecule has 1 atom stereocenters. The Bertz CT molecular complexity index is 908. The molecule has 1 fully saturated rings. The highest BCUT2D eigenvalue weighted by Crippen LogP contribution is 2.34. The molecule has 2 aromatic carbocycles. The second kappa shape index (κ2) is 10.7. The number of thioether (sulfide) groups is 1. The number of hydrogen-bond donors (Lipinski definition) is 0. The normalized spacial score (nSPS) is 16.2. The lowest BCUT2D eigenvalue weighted by Crippen LogP contribution is -2.34. The molecular weight excluding hydrogens is 425 g/mol. The molecule has 160 valence electrons. The second-order valence-electron chi connectivity index (χ2n) is 6.65. The molecule has 1 aliphatic rings. The number of rotatable bonds is 10. The van der Waals surface area contributed by atoms with Gasteiger partial charge in [-0.25, -0.2) is 4.39 Å². The van der Waals surface area contributed by atoms with Gasteiger partial charge >= 0.3 is 0 Å². The van der Waals surface area contributed by atoms with Gasteiger partial charge in [-0.2, -0.15) is 0 Å². The van der Waals surface area contributed by atoms with Crippen molar-refractivity contribution in [2.45, 2.75) is 25.2 Å². The molecule has 1 aliphatic heterocycles. The molecule has 0 N–H and O–H groups in total. The Balaban J connectivity index is 1.69. The van der Waals surface area contributed by atoms with Crippen molar-refractivity contribution in [2.24, 2.45) is 0 Å². The number of nitrogens with zero attached hydrogens (tertiary/aromatic N) is 1. The van der Waals surface area contributed by atoms with Crippen molar-refractivity contribution in [3.8, 4) is 11.5 Å². The smallest absolute Gasteiger partial charge is 0.242 e. The lowest BCUT2D eigenvalue weighted by atomic mass is 10.1. The summed E-state index contributed by atoms with van der Waals surface area (Å²) < 4.78 is 31.0. The standard InChI is InChI=1S/C22H24FNO4S2/c1-3-27-19-12-15(13-20-21(25)24(10-11-26-2)22(29)30-20)8-9-18(19)28-14-16-6-4-5-7-17(16)23/h4-9,12,20H,3,10-11,13-14H2,1-2H3/t20-/m1/s1. The number of thiocarbonyl (C=S) groups is 1. The van der Waals surface area contributed by atoms with Crippen LogP contribution >= 0.6 is 24.0 Å². The highest BCUT2D eigenvalue weighted by molar-refractivity contribution is 8.24. The van der Waals surface area contributed by atoms with E-state index in [0.29, 0.717) is 47.6 Å². The predicted molar refractivity (Wildman–Crippen MR) is 120 cm³/mol. The highest BCUT2D eigenvalue weighted by atomic mass is 32.2. The van der Waals surface area contributed by atoms with Crippen LogP contribution < -0.4 is 9.47 Å². The first-order chi connectivity index (χ1) is 14.5. The first-order valence-corrected chi connectivity index (χ1v) is 10.9. The summed E-state index contributed by atoms with van der Waals surface area (Å²) in [6, 6.07) is 12.1. The van der Waals surface area contributed by atoms with E-state index in [1.165, 1.54) is 17.8 Å². The van der Waals surface area contributed by atoms with E-state index in [4.69, 9.17) is 26.4 Å². The number of hydrogen-bond acceptors (Lipinski definition) is 6. The van der Waals surface area contributed by atoms with Crippen molar-refractivity contribution in [1.82, 2.24) is 4.90 Å². The zero-order valence-corrected chi connectivity index (χ0v) is 18.6. The van der Waals surface area contributed by atoms with Crippen LogP contribution in [0.25, 0.3) is 0 Å². The molecule has 0 unspecified atom stereocenters. The Hall–Kier alpha value is -2.16. The molecular formula is C22H24FNO4S2. The molecule has 0 saturated carbocycles. The number of benzene rings is 2. The molecule has 30 heavy (non-hydrogen) atoms. The lowest BCUT2D eigenvalue weighted by Gasteiger charge is -2.16. The molecule has 0 bridgehead atoms. The van der Waals surface area contributed by atoms with Gasteiger partial charge in [-0.05, 0) is 37.1 Å². The van der Waals surface area contributed by atoms with E-state index in [0.717, 1.165) is 5.56 Å². The van der Waals surface area contributed by atoms with Crippen LogP contribution in [0.5, 0.6) is 11.5 Å². The minimum Gasteiger partial charge on any atom is -0.490 e. The van der Waals surface area contributed by atoms with Crippen LogP contribution in [-0.4, -0.2) is 47.2 Å². The van der Waals surface area contributed by atoms with E-state index >= 15 is 0 Å². The Morgan fingerprint density at radius 1 is 1.17 bits per heavy atom. The number of halogens is 1. The Labute approximate surface area is 185 Å². The summed E-state index contributed by atoms with van der Waals surface area (Å²) in [5.41, 5.74) is 1.42. The van der Waals surface area contributed by atoms with Crippen molar-refractivity contribution < 1.29 is 23.4 Å². The summed E-state index contributed by atoms with van der Waals surface area (Å²) >= 11 is 6.74. The van der Waals surface area contributed by atoms with Gasteiger partial charge in [-0.1, -0.05) is 48.2 Å². The fourth-order valence-corrected chi connectivity index (χ4v) is 4.65. The minimum atomic E-state index is -0.308. The molecule has 8 heteroatoms. The van der Waals surface area contributed by atoms with Crippen molar-refractivity contribution in [1.29, 1.82) is 0 Å². The molecule has 1 saturated heterocycles. The summed E-state index contributed by atoms with van der Waals surface area (Å²) in [7, 11) is 1.60. The summed E-state index contributed by atoms with van der Waals surface area (Å²) in [5, 5.41) is -0.269. The third kappa shape index (κ3) is 5.50. The van der Waals surface area contributed by atoms with Crippen LogP contribution in [0.1, 0.15) is 18.1 Å². The van der Waals surface area contributed by atoms with Crippen LogP contribution in [0.3, 0.4) is 0 Å². The zero-order chi connectivity index (χ0) is 21.5. The third-order valence-corrected chi connectivity index (χ3v) is 6.18. The van der Waals surface area contributed by atoms with E-state index in [2.05, 4.69) is 0 Å². The molecule has 1 heterocycles. The molecule has 1 amide bonds. The molecule has 0 spiro atoms. The maximum atomic E-state index is 13.8. The van der Waals surface area contributed by atoms with Crippen LogP contribution in [0.15, 0.2) is 42.5 Å². The van der Waals surface area contributed by atoms with Gasteiger partial charge in [0, 0.05) is 12.7 Å². The summed E-state index contributed by atoms with van der Waals surface area (Å²) in [6.45, 7) is 3.36. The van der Waals surface area contributed by atoms with Gasteiger partial charge in [-0.3, -0.25) is 9.69 Å². The Morgan fingerprint density at radius 2 is 1.97 bits per heavy atom. The summed E-state index contributed by atoms with van der Waals surface area (Å²) in [5.74, 6) is 0.796. The topological polar surface area (TPSA) is 48.0 Å². The van der Waals surface area contributed by atoms with Crippen molar-refractivity contribution in [3.05, 3.63) is 59.4 Å². The van der Waals surface area contributed by atoms with E-state index in [1.54, 1.807) is 36.3 Å². The van der Waals surface area contributed by atoms with Crippen LogP contribution in [0, 0.1) is 5.82 Å². The molecule has 0 aliphatic carbocycles. The minimum absolute atomic E-state index is 0.000103. The number of amides is 1. The molecule has 3 rings (SSSR count). The average molecular weight is 450 g/mol. The number of ether oxygens (including phenoxy) is 3. The monoisotopic (exact) mass is 449 g/mol. The van der Waals surface area contributed by atoms with E-state index in [-0.39, 0.29) is 23.6 Å². The van der Waals surface area contributed by atoms with Gasteiger partial charge in [-0.15, -0.1) is 0 Å². The molecule has 0 radical (unpaired) electrons. The Kier molecular flexibility index (Phi) is 8.07. The fourth-order valence-electron chi connectivity index (χ4n) is 3.06. The van der Waals surface area contributed by atoms with Crippen molar-refractivity contribution in [2.75, 3.05) is 26.9 Å². The van der Waals surface area contributed by atoms with Crippen molar-refractivity contribution >= 4 is 34.2 Å². The van der Waals surface area contributed by atoms with Gasteiger partial charge in [0.15, 0.2) is 11.5 Å². The first-order valence-electron chi connectivity index (χ1n) is 9.66. The molecule has 5 nitrogen and oxygen atoms in total. The second-order valence-corrected chi connectivity index (χ2v) is 8.49. The average Bonchev–Trinajstić information content (AvgIpc) is 2.99. The highest BCUT2D eigenvalue weighted by Gasteiger charge is 2.36. The van der Waals surface area contributed by atoms with E-state index in [1.807, 2.05) is 19.1 Å². The fraction of sp³-hybridized carbons (Fsp3) is 0.364. The van der Waals surface area contributed by atoms with Gasteiger partial charge < -0.3 is 14.2 Å². The van der Waals surface area contributed by atoms with Gasteiger partial charge in [0.25, 0.3) is 0 Å². The predicted octanol–water partition coefficient (Wildman–Crippen LogP) is 4.22. The third-order valence-electron chi connectivity index (χ3n) is 4.59. The van der Waals surface area contributed by atoms with Gasteiger partial charge in [0.1, 0.15) is 16.7 Å². The van der Waals surface area contributed by atoms with Crippen molar-refractivity contribution in [3.63, 3.8) is 0 Å². The molecule has 2 aromatic rings. The number of carbonyl (C=O) groups excluding carboxylic acids is 1. The SMILES string of the molecule is CCOc1cc(C[C@H]2SC(=S)N(CCOC)C2=O)ccc1OCc1ccccc1F. The number of methoxy groups -OCH3 is 1. The first kappa shape index (κ1) is 22.5. The van der Waals surface area contributed by atoms with E-state index < -0.39 is 0 Å². The number of carbonyl (C=O) groups is 1. The van der Waals surface area contributed by atoms with Gasteiger partial charge in [0.05, 0.1) is 25.0 Å². The summed E-state index contributed by atoms with van der Waals surface area (Å²) in [6.07, 6.45) is 0.529. The van der Waals surface area contributed by atoms with Crippen LogP contribution in [0.4, 0.5) is 4.39 Å². The molecule has 0 aromatic heterocycles. The largest absolute Gasteiger partial charge is 0.490 e. The maximum Gasteiger partial charge on any atom is 0.242 e. The summed E-state index contributed by atoms with van der Waals surface area (Å²) in [4.78, 5) is 14.3. The zero-order valence-electron chi connectivity index (χ0n) is 16.9. The quantitative estimate of drug-likeness (QED) is 0.506. The van der Waals surface area contributed by atoms with Crippen LogP contribution in [0.2, 0.25) is 0 Å². The maximum absolute atomic E-state index is 13.8.